The third-order valence-corrected chi connectivity index (χ3v) is 1.80. The molecule has 0 fully saturated rings. The molecule has 0 aromatic carbocycles. The molecule has 0 amide bonds. The molecule has 0 N–H and O–H groups in total. The van der Waals surface area contributed by atoms with Crippen LogP contribution in [0.4, 0.5) is 0 Å². The van der Waals surface area contributed by atoms with E-state index in [4.69, 9.17) is 4.74 Å². The van der Waals surface area contributed by atoms with Crippen molar-refractivity contribution < 1.29 is 9.53 Å². The van der Waals surface area contributed by atoms with Crippen LogP contribution in [0.5, 0.6) is 0 Å². The fourth-order valence-electron chi connectivity index (χ4n) is 0.577. The highest BCUT2D eigenvalue weighted by Crippen LogP contribution is 2.23. The molecule has 2 heteroatoms. The Morgan fingerprint density at radius 1 is 1.42 bits per heavy atom. The lowest BCUT2D eigenvalue weighted by atomic mass is 9.87. The molecule has 0 aromatic rings. The first-order chi connectivity index (χ1) is 5.38. The molecule has 0 aliphatic heterocycles. The SMILES string of the molecule is CCOC(=O)C=C(C)C(C)(C)C. The summed E-state index contributed by atoms with van der Waals surface area (Å²) in [4.78, 5) is 11.0. The zero-order valence-corrected chi connectivity index (χ0v) is 8.60. The number of allylic oxidation sites excluding steroid dienone is 1. The summed E-state index contributed by atoms with van der Waals surface area (Å²) in [5.41, 5.74) is 1.09. The summed E-state index contributed by atoms with van der Waals surface area (Å²) in [6.45, 7) is 10.4. The highest BCUT2D eigenvalue weighted by atomic mass is 16.5. The zero-order chi connectivity index (χ0) is 9.78. The first-order valence-corrected chi connectivity index (χ1v) is 4.23. The van der Waals surface area contributed by atoms with Gasteiger partial charge < -0.3 is 4.74 Å². The summed E-state index contributed by atoms with van der Waals surface area (Å²) < 4.78 is 4.79. The van der Waals surface area contributed by atoms with Gasteiger partial charge in [-0.3, -0.25) is 0 Å². The van der Waals surface area contributed by atoms with Gasteiger partial charge >= 0.3 is 5.97 Å². The van der Waals surface area contributed by atoms with Gasteiger partial charge in [0.2, 0.25) is 0 Å². The quantitative estimate of drug-likeness (QED) is 0.470. The summed E-state index contributed by atoms with van der Waals surface area (Å²) in [5.74, 6) is -0.245. The Morgan fingerprint density at radius 2 is 1.92 bits per heavy atom. The van der Waals surface area contributed by atoms with Gasteiger partial charge in [-0.2, -0.15) is 0 Å². The van der Waals surface area contributed by atoms with E-state index in [1.165, 1.54) is 0 Å². The van der Waals surface area contributed by atoms with Crippen LogP contribution in [0.25, 0.3) is 0 Å². The molecule has 0 bridgehead atoms. The molecule has 0 saturated carbocycles. The van der Waals surface area contributed by atoms with Gasteiger partial charge in [-0.05, 0) is 19.3 Å². The third-order valence-electron chi connectivity index (χ3n) is 1.80. The van der Waals surface area contributed by atoms with Gasteiger partial charge in [-0.25, -0.2) is 4.79 Å². The van der Waals surface area contributed by atoms with Crippen LogP contribution >= 0.6 is 0 Å². The summed E-state index contributed by atoms with van der Waals surface area (Å²) >= 11 is 0. The van der Waals surface area contributed by atoms with Crippen molar-refractivity contribution in [2.45, 2.75) is 34.6 Å². The molecular formula is C10H18O2. The summed E-state index contributed by atoms with van der Waals surface area (Å²) in [6, 6.07) is 0. The zero-order valence-electron chi connectivity index (χ0n) is 8.60. The lowest BCUT2D eigenvalue weighted by molar-refractivity contribution is -0.137. The maximum Gasteiger partial charge on any atom is 0.330 e. The molecule has 70 valence electrons. The first kappa shape index (κ1) is 11.2. The van der Waals surface area contributed by atoms with Gasteiger partial charge in [0.1, 0.15) is 0 Å². The van der Waals surface area contributed by atoms with Crippen molar-refractivity contribution in [3.05, 3.63) is 11.6 Å². The predicted octanol–water partition coefficient (Wildman–Crippen LogP) is 2.54. The topological polar surface area (TPSA) is 26.3 Å². The first-order valence-electron chi connectivity index (χ1n) is 4.23. The van der Waals surface area contributed by atoms with Crippen molar-refractivity contribution in [1.29, 1.82) is 0 Å². The average Bonchev–Trinajstić information content (AvgIpc) is 1.85. The van der Waals surface area contributed by atoms with Gasteiger partial charge in [0.05, 0.1) is 6.61 Å². The van der Waals surface area contributed by atoms with E-state index in [1.807, 2.05) is 6.92 Å². The number of hydrogen-bond donors (Lipinski definition) is 0. The predicted molar refractivity (Wildman–Crippen MR) is 49.8 cm³/mol. The number of ether oxygens (including phenoxy) is 1. The number of carbonyl (C=O) groups is 1. The Bertz CT molecular complexity index is 185. The minimum Gasteiger partial charge on any atom is -0.463 e. The van der Waals surface area contributed by atoms with E-state index in [1.54, 1.807) is 13.0 Å². The van der Waals surface area contributed by atoms with Crippen LogP contribution in [0.1, 0.15) is 34.6 Å². The Morgan fingerprint density at radius 3 is 2.25 bits per heavy atom. The van der Waals surface area contributed by atoms with Gasteiger partial charge in [0.15, 0.2) is 0 Å². The molecule has 0 aliphatic carbocycles. The van der Waals surface area contributed by atoms with E-state index in [9.17, 15) is 4.79 Å². The van der Waals surface area contributed by atoms with E-state index >= 15 is 0 Å². The van der Waals surface area contributed by atoms with E-state index in [0.717, 1.165) is 5.57 Å². The smallest absolute Gasteiger partial charge is 0.330 e. The van der Waals surface area contributed by atoms with Crippen molar-refractivity contribution in [2.75, 3.05) is 6.61 Å². The second kappa shape index (κ2) is 4.29. The van der Waals surface area contributed by atoms with Crippen LogP contribution in [-0.4, -0.2) is 12.6 Å². The second-order valence-corrected chi connectivity index (χ2v) is 3.83. The van der Waals surface area contributed by atoms with Crippen LogP contribution in [-0.2, 0) is 9.53 Å². The Kier molecular flexibility index (Phi) is 4.01. The minimum atomic E-state index is -0.245. The van der Waals surface area contributed by atoms with Crippen molar-refractivity contribution >= 4 is 5.97 Å². The number of esters is 1. The number of hydrogen-bond acceptors (Lipinski definition) is 2. The molecule has 0 aliphatic rings. The number of rotatable bonds is 2. The van der Waals surface area contributed by atoms with Crippen molar-refractivity contribution in [2.24, 2.45) is 5.41 Å². The van der Waals surface area contributed by atoms with Crippen LogP contribution < -0.4 is 0 Å². The maximum absolute atomic E-state index is 11.0. The Hall–Kier alpha value is -0.790. The molecule has 0 spiro atoms. The van der Waals surface area contributed by atoms with Gasteiger partial charge in [-0.15, -0.1) is 0 Å². The van der Waals surface area contributed by atoms with Crippen LogP contribution in [0.3, 0.4) is 0 Å². The Labute approximate surface area is 74.6 Å². The molecule has 0 rings (SSSR count). The Balaban J connectivity index is 4.26. The number of carbonyl (C=O) groups excluding carboxylic acids is 1. The molecule has 12 heavy (non-hydrogen) atoms. The fourth-order valence-corrected chi connectivity index (χ4v) is 0.577. The van der Waals surface area contributed by atoms with Gasteiger partial charge in [-0.1, -0.05) is 26.3 Å². The molecule has 0 aromatic heterocycles. The minimum absolute atomic E-state index is 0.0484. The van der Waals surface area contributed by atoms with E-state index < -0.39 is 0 Å². The van der Waals surface area contributed by atoms with Crippen LogP contribution in [0, 0.1) is 5.41 Å². The lowest BCUT2D eigenvalue weighted by Crippen LogP contribution is -2.10. The van der Waals surface area contributed by atoms with Crippen molar-refractivity contribution in [3.63, 3.8) is 0 Å². The highest BCUT2D eigenvalue weighted by Gasteiger charge is 2.13. The molecule has 2 nitrogen and oxygen atoms in total. The van der Waals surface area contributed by atoms with E-state index in [-0.39, 0.29) is 11.4 Å². The fraction of sp³-hybridized carbons (Fsp3) is 0.700. The molecule has 0 unspecified atom stereocenters. The molecular weight excluding hydrogens is 152 g/mol. The van der Waals surface area contributed by atoms with Gasteiger partial charge in [0.25, 0.3) is 0 Å². The standard InChI is InChI=1S/C10H18O2/c1-6-12-9(11)7-8(2)10(3,4)5/h7H,6H2,1-5H3. The molecule has 0 atom stereocenters. The van der Waals surface area contributed by atoms with Crippen molar-refractivity contribution in [1.82, 2.24) is 0 Å². The monoisotopic (exact) mass is 170 g/mol. The highest BCUT2D eigenvalue weighted by molar-refractivity contribution is 5.82. The average molecular weight is 170 g/mol. The van der Waals surface area contributed by atoms with Gasteiger partial charge in [0, 0.05) is 6.08 Å². The normalized spacial score (nSPS) is 12.9. The maximum atomic E-state index is 11.0. The van der Waals surface area contributed by atoms with E-state index in [0.29, 0.717) is 6.61 Å². The third kappa shape index (κ3) is 4.16. The summed E-state index contributed by atoms with van der Waals surface area (Å²) in [6.07, 6.45) is 1.56. The molecule has 0 radical (unpaired) electrons. The van der Waals surface area contributed by atoms with E-state index in [2.05, 4.69) is 20.8 Å². The second-order valence-electron chi connectivity index (χ2n) is 3.83. The summed E-state index contributed by atoms with van der Waals surface area (Å²) in [7, 11) is 0. The van der Waals surface area contributed by atoms with Crippen molar-refractivity contribution in [3.8, 4) is 0 Å². The lowest BCUT2D eigenvalue weighted by Gasteiger charge is -2.18. The van der Waals surface area contributed by atoms with Crippen LogP contribution in [0.2, 0.25) is 0 Å². The molecule has 0 heterocycles. The molecule has 0 saturated heterocycles. The summed E-state index contributed by atoms with van der Waals surface area (Å²) in [5, 5.41) is 0. The largest absolute Gasteiger partial charge is 0.463 e. The van der Waals surface area contributed by atoms with Crippen LogP contribution in [0.15, 0.2) is 11.6 Å².